The maximum Gasteiger partial charge on any atom is 0.212 e. The molecule has 0 spiro atoms. The van der Waals surface area contributed by atoms with Gasteiger partial charge in [0.25, 0.3) is 0 Å². The van der Waals surface area contributed by atoms with Crippen LogP contribution < -0.4 is 10.0 Å². The van der Waals surface area contributed by atoms with Crippen molar-refractivity contribution < 1.29 is 8.42 Å². The van der Waals surface area contributed by atoms with E-state index in [4.69, 9.17) is 0 Å². The number of rotatable bonds is 8. The lowest BCUT2D eigenvalue weighted by molar-refractivity contribution is 0.549. The Hall–Kier alpha value is -0.910. The summed E-state index contributed by atoms with van der Waals surface area (Å²) in [7, 11) is -3.15. The Bertz CT molecular complexity index is 514. The maximum absolute atomic E-state index is 11.8. The number of hydrogen-bond donors (Lipinski definition) is 2. The minimum absolute atomic E-state index is 0.154. The SMILES string of the molecule is CCCNCCS(=O)(=O)NCC1Cc2ccccc21. The van der Waals surface area contributed by atoms with Crippen LogP contribution in [0.3, 0.4) is 0 Å². The van der Waals surface area contributed by atoms with E-state index in [1.165, 1.54) is 11.1 Å². The van der Waals surface area contributed by atoms with Crippen LogP contribution in [0.5, 0.6) is 0 Å². The van der Waals surface area contributed by atoms with Gasteiger partial charge in [-0.1, -0.05) is 31.2 Å². The summed E-state index contributed by atoms with van der Waals surface area (Å²) in [5.74, 6) is 0.496. The van der Waals surface area contributed by atoms with Crippen molar-refractivity contribution in [3.63, 3.8) is 0 Å². The predicted octanol–water partition coefficient (Wildman–Crippen LogP) is 1.25. The van der Waals surface area contributed by atoms with Crippen molar-refractivity contribution in [1.29, 1.82) is 0 Å². The van der Waals surface area contributed by atoms with E-state index < -0.39 is 10.0 Å². The van der Waals surface area contributed by atoms with Gasteiger partial charge in [-0.15, -0.1) is 0 Å². The van der Waals surface area contributed by atoms with Crippen LogP contribution >= 0.6 is 0 Å². The third-order valence-electron chi connectivity index (χ3n) is 3.49. The molecule has 0 saturated heterocycles. The Labute approximate surface area is 115 Å². The molecule has 1 aromatic carbocycles. The second kappa shape index (κ2) is 6.50. The molecule has 1 aromatic rings. The standard InChI is InChI=1S/C14H22N2O2S/c1-2-7-15-8-9-19(17,18)16-11-13-10-12-5-3-4-6-14(12)13/h3-6,13,15-16H,2,7-11H2,1H3. The first-order valence-corrected chi connectivity index (χ1v) is 8.53. The normalized spacial score (nSPS) is 17.8. The summed E-state index contributed by atoms with van der Waals surface area (Å²) in [6.07, 6.45) is 2.00. The minimum atomic E-state index is -3.15. The van der Waals surface area contributed by atoms with Gasteiger partial charge in [-0.05, 0) is 30.5 Å². The van der Waals surface area contributed by atoms with Crippen molar-refractivity contribution in [2.45, 2.75) is 25.7 Å². The number of nitrogens with one attached hydrogen (secondary N) is 2. The smallest absolute Gasteiger partial charge is 0.212 e. The molecule has 106 valence electrons. The quantitative estimate of drug-likeness (QED) is 0.705. The zero-order valence-electron chi connectivity index (χ0n) is 11.4. The fourth-order valence-electron chi connectivity index (χ4n) is 2.35. The summed E-state index contributed by atoms with van der Waals surface area (Å²) in [5, 5.41) is 3.10. The van der Waals surface area contributed by atoms with Crippen LogP contribution in [0.4, 0.5) is 0 Å². The van der Waals surface area contributed by atoms with Crippen molar-refractivity contribution in [3.8, 4) is 0 Å². The molecule has 1 atom stereocenters. The van der Waals surface area contributed by atoms with Crippen LogP contribution in [0.25, 0.3) is 0 Å². The summed E-state index contributed by atoms with van der Waals surface area (Å²) in [4.78, 5) is 0. The molecule has 0 amide bonds. The fourth-order valence-corrected chi connectivity index (χ4v) is 3.37. The summed E-state index contributed by atoms with van der Waals surface area (Å²) in [6, 6.07) is 8.22. The van der Waals surface area contributed by atoms with Crippen molar-refractivity contribution in [1.82, 2.24) is 10.0 Å². The van der Waals surface area contributed by atoms with Gasteiger partial charge >= 0.3 is 0 Å². The zero-order chi connectivity index (χ0) is 13.7. The highest BCUT2D eigenvalue weighted by atomic mass is 32.2. The molecule has 0 aromatic heterocycles. The monoisotopic (exact) mass is 282 g/mol. The molecule has 0 radical (unpaired) electrons. The van der Waals surface area contributed by atoms with Gasteiger partial charge in [0, 0.05) is 19.0 Å². The van der Waals surface area contributed by atoms with Gasteiger partial charge in [-0.25, -0.2) is 13.1 Å². The average molecular weight is 282 g/mol. The Morgan fingerprint density at radius 1 is 1.26 bits per heavy atom. The molecular formula is C14H22N2O2S. The number of fused-ring (bicyclic) bond motifs is 1. The molecule has 4 nitrogen and oxygen atoms in total. The second-order valence-corrected chi connectivity index (χ2v) is 6.94. The summed E-state index contributed by atoms with van der Waals surface area (Å²) < 4.78 is 26.3. The highest BCUT2D eigenvalue weighted by Crippen LogP contribution is 2.34. The molecule has 19 heavy (non-hydrogen) atoms. The van der Waals surface area contributed by atoms with Crippen LogP contribution in [0.15, 0.2) is 24.3 Å². The van der Waals surface area contributed by atoms with Gasteiger partial charge in [-0.2, -0.15) is 0 Å². The number of sulfonamides is 1. The molecular weight excluding hydrogens is 260 g/mol. The summed E-state index contributed by atoms with van der Waals surface area (Å²) in [5.41, 5.74) is 2.63. The number of benzene rings is 1. The van der Waals surface area contributed by atoms with E-state index in [0.29, 0.717) is 19.0 Å². The van der Waals surface area contributed by atoms with Crippen molar-refractivity contribution in [2.24, 2.45) is 0 Å². The summed E-state index contributed by atoms with van der Waals surface area (Å²) in [6.45, 7) is 3.97. The van der Waals surface area contributed by atoms with Crippen molar-refractivity contribution >= 4 is 10.0 Å². The Morgan fingerprint density at radius 2 is 2.05 bits per heavy atom. The topological polar surface area (TPSA) is 58.2 Å². The minimum Gasteiger partial charge on any atom is -0.316 e. The molecule has 5 heteroatoms. The Balaban J connectivity index is 1.74. The average Bonchev–Trinajstić information content (AvgIpc) is 2.36. The first-order valence-electron chi connectivity index (χ1n) is 6.88. The molecule has 1 aliphatic rings. The first-order chi connectivity index (χ1) is 9.12. The molecule has 2 N–H and O–H groups in total. The van der Waals surface area contributed by atoms with Crippen LogP contribution in [-0.4, -0.2) is 33.8 Å². The molecule has 2 rings (SSSR count). The highest BCUT2D eigenvalue weighted by Gasteiger charge is 2.26. The van der Waals surface area contributed by atoms with E-state index >= 15 is 0 Å². The van der Waals surface area contributed by atoms with E-state index in [1.54, 1.807) is 0 Å². The van der Waals surface area contributed by atoms with E-state index in [9.17, 15) is 8.42 Å². The van der Waals surface area contributed by atoms with E-state index in [-0.39, 0.29) is 5.75 Å². The van der Waals surface area contributed by atoms with Crippen molar-refractivity contribution in [2.75, 3.05) is 25.4 Å². The molecule has 1 unspecified atom stereocenters. The van der Waals surface area contributed by atoms with E-state index in [2.05, 4.69) is 29.1 Å². The van der Waals surface area contributed by atoms with Crippen LogP contribution in [0.1, 0.15) is 30.4 Å². The van der Waals surface area contributed by atoms with Crippen LogP contribution in [-0.2, 0) is 16.4 Å². The van der Waals surface area contributed by atoms with Crippen LogP contribution in [0, 0.1) is 0 Å². The highest BCUT2D eigenvalue weighted by molar-refractivity contribution is 7.89. The van der Waals surface area contributed by atoms with Gasteiger partial charge in [0.2, 0.25) is 10.0 Å². The largest absolute Gasteiger partial charge is 0.316 e. The lowest BCUT2D eigenvalue weighted by Crippen LogP contribution is -2.37. The van der Waals surface area contributed by atoms with E-state index in [1.807, 2.05) is 12.1 Å². The molecule has 0 saturated carbocycles. The lowest BCUT2D eigenvalue weighted by atomic mass is 9.78. The van der Waals surface area contributed by atoms with Gasteiger partial charge < -0.3 is 5.32 Å². The maximum atomic E-state index is 11.8. The Kier molecular flexibility index (Phi) is 4.96. The second-order valence-electron chi connectivity index (χ2n) is 5.02. The summed E-state index contributed by atoms with van der Waals surface area (Å²) >= 11 is 0. The van der Waals surface area contributed by atoms with Crippen molar-refractivity contribution in [3.05, 3.63) is 35.4 Å². The molecule has 0 aliphatic heterocycles. The molecule has 1 aliphatic carbocycles. The molecule has 0 fully saturated rings. The molecule has 0 heterocycles. The third kappa shape index (κ3) is 4.03. The van der Waals surface area contributed by atoms with E-state index in [0.717, 1.165) is 19.4 Å². The van der Waals surface area contributed by atoms with Crippen LogP contribution in [0.2, 0.25) is 0 Å². The number of hydrogen-bond acceptors (Lipinski definition) is 3. The predicted molar refractivity (Wildman–Crippen MR) is 77.8 cm³/mol. The fraction of sp³-hybridized carbons (Fsp3) is 0.571. The van der Waals surface area contributed by atoms with Gasteiger partial charge in [0.15, 0.2) is 0 Å². The zero-order valence-corrected chi connectivity index (χ0v) is 12.2. The molecule has 0 bridgehead atoms. The van der Waals surface area contributed by atoms with Gasteiger partial charge in [0.1, 0.15) is 0 Å². The first kappa shape index (κ1) is 14.5. The van der Waals surface area contributed by atoms with Gasteiger partial charge in [-0.3, -0.25) is 0 Å². The Morgan fingerprint density at radius 3 is 2.79 bits per heavy atom. The third-order valence-corrected chi connectivity index (χ3v) is 4.83. The van der Waals surface area contributed by atoms with Gasteiger partial charge in [0.05, 0.1) is 5.75 Å². The lowest BCUT2D eigenvalue weighted by Gasteiger charge is -2.30.